The van der Waals surface area contributed by atoms with Crippen LogP contribution in [0.1, 0.15) is 70.6 Å². The lowest BCUT2D eigenvalue weighted by Crippen LogP contribution is -2.57. The molecule has 25 heavy (non-hydrogen) atoms. The predicted molar refractivity (Wildman–Crippen MR) is 95.1 cm³/mol. The Morgan fingerprint density at radius 3 is 2.48 bits per heavy atom. The summed E-state index contributed by atoms with van der Waals surface area (Å²) in [6.07, 6.45) is 13.5. The van der Waals surface area contributed by atoms with Gasteiger partial charge in [0, 0.05) is 23.4 Å². The van der Waals surface area contributed by atoms with Crippen LogP contribution in [0.2, 0.25) is 0 Å². The number of carbonyl (C=O) groups excluding carboxylic acids is 1. The van der Waals surface area contributed by atoms with E-state index in [1.807, 2.05) is 0 Å². The van der Waals surface area contributed by atoms with Crippen molar-refractivity contribution in [3.8, 4) is 0 Å². The molecule has 0 radical (unpaired) electrons. The maximum Gasteiger partial charge on any atom is 0.272 e. The monoisotopic (exact) mass is 340 g/mol. The molecule has 6 rings (SSSR count). The van der Waals surface area contributed by atoms with Gasteiger partial charge in [-0.1, -0.05) is 6.42 Å². The molecule has 0 aromatic carbocycles. The van der Waals surface area contributed by atoms with Gasteiger partial charge < -0.3 is 4.90 Å². The number of amides is 1. The van der Waals surface area contributed by atoms with Crippen LogP contribution in [0.5, 0.6) is 0 Å². The van der Waals surface area contributed by atoms with E-state index in [1.54, 1.807) is 0 Å². The molecular formula is C20H28N4O. The number of allylic oxidation sites excluding steroid dienone is 2. The molecule has 3 saturated carbocycles. The number of nitrogens with one attached hydrogen (secondary N) is 1. The van der Waals surface area contributed by atoms with Crippen LogP contribution in [0.4, 0.5) is 0 Å². The summed E-state index contributed by atoms with van der Waals surface area (Å²) in [5.74, 6) is 3.02. The van der Waals surface area contributed by atoms with Crippen LogP contribution in [-0.4, -0.2) is 34.3 Å². The summed E-state index contributed by atoms with van der Waals surface area (Å²) in [6, 6.07) is 0. The minimum Gasteiger partial charge on any atom is -0.311 e. The summed E-state index contributed by atoms with van der Waals surface area (Å²) in [5, 5.41) is 4.79. The molecule has 0 aromatic rings. The lowest BCUT2D eigenvalue weighted by molar-refractivity contribution is -0.136. The first-order chi connectivity index (χ1) is 12.3. The zero-order chi connectivity index (χ0) is 16.6. The van der Waals surface area contributed by atoms with Crippen LogP contribution in [0.25, 0.3) is 0 Å². The van der Waals surface area contributed by atoms with Gasteiger partial charge in [0.25, 0.3) is 5.91 Å². The highest BCUT2D eigenvalue weighted by Crippen LogP contribution is 2.63. The number of carbonyl (C=O) groups is 1. The number of hydrogen-bond donors (Lipinski definition) is 1. The van der Waals surface area contributed by atoms with Crippen molar-refractivity contribution in [1.29, 1.82) is 0 Å². The second-order valence-corrected chi connectivity index (χ2v) is 9.11. The molecular weight excluding hydrogens is 312 g/mol. The Morgan fingerprint density at radius 1 is 1.04 bits per heavy atom. The number of nitrogens with zero attached hydrogens (tertiary/aromatic N) is 3. The molecule has 1 unspecified atom stereocenters. The number of fused-ring (bicyclic) bond motifs is 2. The first-order valence-corrected chi connectivity index (χ1v) is 10.4. The highest BCUT2D eigenvalue weighted by Gasteiger charge is 2.62. The van der Waals surface area contributed by atoms with E-state index < -0.39 is 0 Å². The van der Waals surface area contributed by atoms with Gasteiger partial charge in [-0.25, -0.2) is 0 Å². The third-order valence-electron chi connectivity index (χ3n) is 7.29. The van der Waals surface area contributed by atoms with Gasteiger partial charge in [0.15, 0.2) is 0 Å². The largest absolute Gasteiger partial charge is 0.311 e. The Labute approximate surface area is 149 Å². The van der Waals surface area contributed by atoms with E-state index in [4.69, 9.17) is 5.10 Å². The number of rotatable bonds is 4. The van der Waals surface area contributed by atoms with Crippen molar-refractivity contribution in [2.75, 3.05) is 6.54 Å². The van der Waals surface area contributed by atoms with Gasteiger partial charge in [-0.3, -0.25) is 15.1 Å². The average Bonchev–Trinajstić information content (AvgIpc) is 3.43. The Kier molecular flexibility index (Phi) is 2.93. The molecule has 1 atom stereocenters. The van der Waals surface area contributed by atoms with Crippen LogP contribution >= 0.6 is 0 Å². The zero-order valence-electron chi connectivity index (χ0n) is 15.0. The van der Waals surface area contributed by atoms with Crippen molar-refractivity contribution in [2.24, 2.45) is 22.4 Å². The first-order valence-electron chi connectivity index (χ1n) is 10.4. The second-order valence-electron chi connectivity index (χ2n) is 9.11. The lowest BCUT2D eigenvalue weighted by atomic mass is 9.95. The fraction of sp³-hybridized carbons (Fsp3) is 0.800. The van der Waals surface area contributed by atoms with E-state index in [9.17, 15) is 4.79 Å². The van der Waals surface area contributed by atoms with Gasteiger partial charge in [-0.15, -0.1) is 0 Å². The topological polar surface area (TPSA) is 47.9 Å². The Morgan fingerprint density at radius 2 is 1.80 bits per heavy atom. The minimum absolute atomic E-state index is 0.248. The molecule has 0 spiro atoms. The van der Waals surface area contributed by atoms with Crippen molar-refractivity contribution in [1.82, 2.24) is 15.2 Å². The Balaban J connectivity index is 1.41. The average molecular weight is 340 g/mol. The van der Waals surface area contributed by atoms with Gasteiger partial charge >= 0.3 is 0 Å². The van der Waals surface area contributed by atoms with Crippen molar-refractivity contribution >= 4 is 11.7 Å². The quantitative estimate of drug-likeness (QED) is 0.855. The molecule has 1 amide bonds. The summed E-state index contributed by atoms with van der Waals surface area (Å²) < 4.78 is 0. The molecule has 0 aromatic heterocycles. The number of amidine groups is 1. The first kappa shape index (κ1) is 14.6. The maximum atomic E-state index is 13.3. The van der Waals surface area contributed by atoms with Crippen molar-refractivity contribution in [3.63, 3.8) is 0 Å². The molecule has 6 aliphatic rings. The van der Waals surface area contributed by atoms with E-state index in [1.165, 1.54) is 75.0 Å². The summed E-state index contributed by atoms with van der Waals surface area (Å²) in [4.78, 5) is 17.9. The molecule has 4 aliphatic carbocycles. The van der Waals surface area contributed by atoms with Crippen molar-refractivity contribution in [3.05, 3.63) is 11.4 Å². The summed E-state index contributed by atoms with van der Waals surface area (Å²) in [7, 11) is 0. The highest BCUT2D eigenvalue weighted by atomic mass is 16.2. The van der Waals surface area contributed by atoms with Crippen LogP contribution in [0.3, 0.4) is 0 Å². The van der Waals surface area contributed by atoms with Crippen LogP contribution in [0, 0.1) is 17.3 Å². The third-order valence-corrected chi connectivity index (χ3v) is 7.29. The standard InChI is InChI=1S/C20H28N4O/c25-18-17-21-22-19(20(10-11-20)14-8-9-14)24(17)16-5-3-1-2-4-15(16)23(18)12-13-6-7-13/h13-14,17,21H,1-12H2. The number of hydrogen-bond acceptors (Lipinski definition) is 4. The second kappa shape index (κ2) is 5.01. The third kappa shape index (κ3) is 2.13. The van der Waals surface area contributed by atoms with Gasteiger partial charge in [0.1, 0.15) is 5.84 Å². The van der Waals surface area contributed by atoms with Crippen LogP contribution in [-0.2, 0) is 4.79 Å². The predicted octanol–water partition coefficient (Wildman–Crippen LogP) is 3.15. The molecule has 5 nitrogen and oxygen atoms in total. The van der Waals surface area contributed by atoms with Crippen molar-refractivity contribution < 1.29 is 4.79 Å². The molecule has 0 saturated heterocycles. The molecule has 5 heteroatoms. The minimum atomic E-state index is -0.262. The van der Waals surface area contributed by atoms with E-state index in [-0.39, 0.29) is 12.1 Å². The maximum absolute atomic E-state index is 13.3. The summed E-state index contributed by atoms with van der Waals surface area (Å²) >= 11 is 0. The van der Waals surface area contributed by atoms with Crippen LogP contribution in [0.15, 0.2) is 16.5 Å². The number of hydrazone groups is 1. The van der Waals surface area contributed by atoms with E-state index in [0.717, 1.165) is 31.2 Å². The summed E-state index contributed by atoms with van der Waals surface area (Å²) in [5.41, 5.74) is 6.32. The SMILES string of the molecule is O=C1C2NN=C(C3(C4CC4)CC3)N2C2=C(CCCCC2)N1CC1CC1. The normalized spacial score (nSPS) is 33.5. The van der Waals surface area contributed by atoms with E-state index in [0.29, 0.717) is 5.41 Å². The fourth-order valence-corrected chi connectivity index (χ4v) is 5.38. The zero-order valence-corrected chi connectivity index (χ0v) is 15.0. The van der Waals surface area contributed by atoms with Crippen LogP contribution < -0.4 is 5.43 Å². The van der Waals surface area contributed by atoms with Crippen molar-refractivity contribution in [2.45, 2.75) is 76.8 Å². The van der Waals surface area contributed by atoms with Gasteiger partial charge in [0.2, 0.25) is 6.17 Å². The smallest absolute Gasteiger partial charge is 0.272 e. The lowest BCUT2D eigenvalue weighted by Gasteiger charge is -2.42. The Bertz CT molecular complexity index is 684. The molecule has 2 aliphatic heterocycles. The van der Waals surface area contributed by atoms with Gasteiger partial charge in [-0.2, -0.15) is 5.10 Å². The highest BCUT2D eigenvalue weighted by molar-refractivity contribution is 6.00. The fourth-order valence-electron chi connectivity index (χ4n) is 5.38. The molecule has 2 heterocycles. The van der Waals surface area contributed by atoms with E-state index >= 15 is 0 Å². The molecule has 1 N–H and O–H groups in total. The van der Waals surface area contributed by atoms with Gasteiger partial charge in [0.05, 0.1) is 0 Å². The summed E-state index contributed by atoms with van der Waals surface area (Å²) in [6.45, 7) is 0.937. The van der Waals surface area contributed by atoms with Gasteiger partial charge in [-0.05, 0) is 76.0 Å². The molecule has 3 fully saturated rings. The Hall–Kier alpha value is -1.52. The van der Waals surface area contributed by atoms with E-state index in [2.05, 4.69) is 15.2 Å². The molecule has 134 valence electrons. The molecule has 0 bridgehead atoms.